The lowest BCUT2D eigenvalue weighted by molar-refractivity contribution is -0.385. The van der Waals surface area contributed by atoms with Gasteiger partial charge in [-0.25, -0.2) is 0 Å². The minimum Gasteiger partial charge on any atom is -0.352 e. The summed E-state index contributed by atoms with van der Waals surface area (Å²) in [4.78, 5) is 22.0. The number of carbonyl (C=O) groups excluding carboxylic acids is 1. The van der Waals surface area contributed by atoms with Gasteiger partial charge >= 0.3 is 0 Å². The Balaban J connectivity index is 2.15. The van der Waals surface area contributed by atoms with Crippen molar-refractivity contribution in [3.05, 3.63) is 38.3 Å². The number of hydrogen-bond donors (Lipinski definition) is 1. The number of nitrogens with one attached hydrogen (secondary N) is 1. The Morgan fingerprint density at radius 1 is 1.53 bits per heavy atom. The van der Waals surface area contributed by atoms with Gasteiger partial charge in [0.15, 0.2) is 0 Å². The first-order chi connectivity index (χ1) is 8.09. The zero-order valence-electron chi connectivity index (χ0n) is 8.98. The number of halogens is 1. The van der Waals surface area contributed by atoms with Gasteiger partial charge in [-0.3, -0.25) is 14.9 Å². The van der Waals surface area contributed by atoms with Gasteiger partial charge in [0.25, 0.3) is 11.6 Å². The predicted octanol–water partition coefficient (Wildman–Crippen LogP) is 2.50. The molecule has 1 aromatic rings. The molecule has 0 unspecified atom stereocenters. The third-order valence-corrected chi connectivity index (χ3v) is 3.50. The van der Waals surface area contributed by atoms with Crippen molar-refractivity contribution >= 4 is 27.5 Å². The molecule has 0 aliphatic heterocycles. The van der Waals surface area contributed by atoms with E-state index in [2.05, 4.69) is 21.2 Å². The molecule has 2 rings (SSSR count). The Morgan fingerprint density at radius 3 is 2.82 bits per heavy atom. The van der Waals surface area contributed by atoms with Crippen molar-refractivity contribution in [3.63, 3.8) is 0 Å². The maximum absolute atomic E-state index is 11.8. The van der Waals surface area contributed by atoms with Gasteiger partial charge in [-0.1, -0.05) is 6.07 Å². The Hall–Kier alpha value is -1.43. The van der Waals surface area contributed by atoms with Crippen molar-refractivity contribution < 1.29 is 9.72 Å². The van der Waals surface area contributed by atoms with E-state index in [9.17, 15) is 14.9 Å². The second-order valence-electron chi connectivity index (χ2n) is 4.05. The van der Waals surface area contributed by atoms with E-state index in [1.54, 1.807) is 6.07 Å². The maximum atomic E-state index is 11.8. The summed E-state index contributed by atoms with van der Waals surface area (Å²) in [5, 5.41) is 13.5. The summed E-state index contributed by atoms with van der Waals surface area (Å²) in [6, 6.07) is 4.44. The first kappa shape index (κ1) is 12.0. The number of nitro benzene ring substituents is 1. The topological polar surface area (TPSA) is 72.2 Å². The Morgan fingerprint density at radius 2 is 2.24 bits per heavy atom. The van der Waals surface area contributed by atoms with E-state index in [0.29, 0.717) is 18.0 Å². The third-order valence-electron chi connectivity index (χ3n) is 2.67. The van der Waals surface area contributed by atoms with Crippen LogP contribution in [0.2, 0.25) is 0 Å². The molecular weight excluding hydrogens is 288 g/mol. The summed E-state index contributed by atoms with van der Waals surface area (Å²) in [6.07, 6.45) is 2.30. The van der Waals surface area contributed by atoms with Crippen molar-refractivity contribution in [3.8, 4) is 0 Å². The molecule has 1 aromatic carbocycles. The van der Waals surface area contributed by atoms with Gasteiger partial charge < -0.3 is 5.32 Å². The number of nitrogens with zero attached hydrogens (tertiary/aromatic N) is 1. The molecule has 0 spiro atoms. The molecule has 0 saturated heterocycles. The molecule has 0 radical (unpaired) electrons. The van der Waals surface area contributed by atoms with Crippen LogP contribution in [0.4, 0.5) is 5.69 Å². The number of benzene rings is 1. The normalized spacial score (nSPS) is 14.4. The molecule has 1 aliphatic carbocycles. The lowest BCUT2D eigenvalue weighted by atomic mass is 10.2. The minimum atomic E-state index is -0.512. The van der Waals surface area contributed by atoms with Crippen LogP contribution in [0.25, 0.3) is 0 Å². The zero-order chi connectivity index (χ0) is 12.4. The van der Waals surface area contributed by atoms with Crippen molar-refractivity contribution in [2.75, 3.05) is 6.54 Å². The van der Waals surface area contributed by atoms with E-state index in [-0.39, 0.29) is 16.1 Å². The van der Waals surface area contributed by atoms with Gasteiger partial charge in [0.05, 0.1) is 10.5 Å². The van der Waals surface area contributed by atoms with E-state index < -0.39 is 4.92 Å². The highest BCUT2D eigenvalue weighted by Crippen LogP contribution is 2.29. The van der Waals surface area contributed by atoms with Crippen molar-refractivity contribution in [2.45, 2.75) is 12.8 Å². The molecule has 1 N–H and O–H groups in total. The largest absolute Gasteiger partial charge is 0.352 e. The van der Waals surface area contributed by atoms with Gasteiger partial charge in [-0.2, -0.15) is 0 Å². The maximum Gasteiger partial charge on any atom is 0.284 e. The summed E-state index contributed by atoms with van der Waals surface area (Å²) < 4.78 is 0.235. The number of hydrogen-bond acceptors (Lipinski definition) is 3. The fourth-order valence-electron chi connectivity index (χ4n) is 1.49. The highest BCUT2D eigenvalue weighted by Gasteiger charge is 2.24. The lowest BCUT2D eigenvalue weighted by Crippen LogP contribution is -2.25. The molecule has 0 atom stereocenters. The van der Waals surface area contributed by atoms with E-state index in [1.165, 1.54) is 12.1 Å². The Kier molecular flexibility index (Phi) is 3.42. The van der Waals surface area contributed by atoms with Crippen LogP contribution in [0, 0.1) is 16.0 Å². The molecule has 0 aromatic heterocycles. The molecule has 17 heavy (non-hydrogen) atoms. The summed E-state index contributed by atoms with van der Waals surface area (Å²) >= 11 is 3.10. The number of amides is 1. The van der Waals surface area contributed by atoms with Crippen LogP contribution in [0.3, 0.4) is 0 Å². The van der Waals surface area contributed by atoms with Crippen molar-refractivity contribution in [2.24, 2.45) is 5.92 Å². The molecule has 0 bridgehead atoms. The molecule has 1 amide bonds. The van der Waals surface area contributed by atoms with Gasteiger partial charge in [0, 0.05) is 12.6 Å². The van der Waals surface area contributed by atoms with Gasteiger partial charge in [-0.05, 0) is 40.8 Å². The fourth-order valence-corrected chi connectivity index (χ4v) is 2.08. The van der Waals surface area contributed by atoms with Crippen LogP contribution in [0.15, 0.2) is 22.7 Å². The van der Waals surface area contributed by atoms with E-state index >= 15 is 0 Å². The summed E-state index contributed by atoms with van der Waals surface area (Å²) in [6.45, 7) is 0.647. The second-order valence-corrected chi connectivity index (χ2v) is 4.84. The van der Waals surface area contributed by atoms with Gasteiger partial charge in [-0.15, -0.1) is 0 Å². The second kappa shape index (κ2) is 4.83. The lowest BCUT2D eigenvalue weighted by Gasteiger charge is -2.06. The molecule has 1 aliphatic rings. The Bertz CT molecular complexity index is 472. The average Bonchev–Trinajstić information content (AvgIpc) is 3.09. The minimum absolute atomic E-state index is 0.0935. The molecule has 0 heterocycles. The number of nitro groups is 1. The highest BCUT2D eigenvalue weighted by atomic mass is 79.9. The molecule has 5 nitrogen and oxygen atoms in total. The molecule has 1 saturated carbocycles. The van der Waals surface area contributed by atoms with Crippen LogP contribution in [0.5, 0.6) is 0 Å². The van der Waals surface area contributed by atoms with Crippen LogP contribution < -0.4 is 5.32 Å². The molecular formula is C11H11BrN2O3. The summed E-state index contributed by atoms with van der Waals surface area (Å²) in [5.74, 6) is 0.309. The van der Waals surface area contributed by atoms with Crippen LogP contribution >= 0.6 is 15.9 Å². The number of rotatable bonds is 4. The SMILES string of the molecule is O=C(NCC1CC1)c1cccc([N+](=O)[O-])c1Br. The number of carbonyl (C=O) groups is 1. The highest BCUT2D eigenvalue weighted by molar-refractivity contribution is 9.10. The van der Waals surface area contributed by atoms with E-state index in [4.69, 9.17) is 0 Å². The van der Waals surface area contributed by atoms with E-state index in [0.717, 1.165) is 12.8 Å². The van der Waals surface area contributed by atoms with Crippen molar-refractivity contribution in [1.29, 1.82) is 0 Å². The standard InChI is InChI=1S/C11H11BrN2O3/c12-10-8(2-1-3-9(10)14(16)17)11(15)13-6-7-4-5-7/h1-3,7H,4-6H2,(H,13,15). The Labute approximate surface area is 106 Å². The first-order valence-electron chi connectivity index (χ1n) is 5.30. The summed E-state index contributed by atoms with van der Waals surface area (Å²) in [7, 11) is 0. The fraction of sp³-hybridized carbons (Fsp3) is 0.364. The summed E-state index contributed by atoms with van der Waals surface area (Å²) in [5.41, 5.74) is 0.212. The zero-order valence-corrected chi connectivity index (χ0v) is 10.6. The molecule has 90 valence electrons. The first-order valence-corrected chi connectivity index (χ1v) is 6.10. The van der Waals surface area contributed by atoms with E-state index in [1.807, 2.05) is 0 Å². The van der Waals surface area contributed by atoms with Crippen molar-refractivity contribution in [1.82, 2.24) is 5.32 Å². The predicted molar refractivity (Wildman–Crippen MR) is 65.9 cm³/mol. The molecule has 6 heteroatoms. The van der Waals surface area contributed by atoms with Gasteiger partial charge in [0.1, 0.15) is 4.47 Å². The monoisotopic (exact) mass is 298 g/mol. The van der Waals surface area contributed by atoms with Crippen LogP contribution in [-0.4, -0.2) is 17.4 Å². The van der Waals surface area contributed by atoms with Crippen LogP contribution in [-0.2, 0) is 0 Å². The third kappa shape index (κ3) is 2.82. The quantitative estimate of drug-likeness (QED) is 0.686. The molecule has 1 fully saturated rings. The average molecular weight is 299 g/mol. The van der Waals surface area contributed by atoms with Crippen LogP contribution in [0.1, 0.15) is 23.2 Å². The van der Waals surface area contributed by atoms with Gasteiger partial charge in [0.2, 0.25) is 0 Å². The smallest absolute Gasteiger partial charge is 0.284 e.